The fraction of sp³-hybridized carbons (Fsp3) is 0.235. The lowest BCUT2D eigenvalue weighted by atomic mass is 10.1. The number of nitrogen functional groups attached to an aromatic ring is 1. The second-order valence-electron chi connectivity index (χ2n) is 5.36. The molecule has 0 aliphatic rings. The number of nitrogens with zero attached hydrogens (tertiary/aromatic N) is 4. The van der Waals surface area contributed by atoms with E-state index < -0.39 is 0 Å². The Morgan fingerprint density at radius 2 is 2.21 bits per heavy atom. The fourth-order valence-electron chi connectivity index (χ4n) is 2.55. The number of hydrogen-bond acceptors (Lipinski definition) is 5. The highest BCUT2D eigenvalue weighted by molar-refractivity contribution is 6.31. The number of rotatable bonds is 5. The summed E-state index contributed by atoms with van der Waals surface area (Å²) >= 11 is 6.00. The molecule has 0 unspecified atom stereocenters. The zero-order valence-electron chi connectivity index (χ0n) is 13.2. The van der Waals surface area contributed by atoms with Crippen molar-refractivity contribution in [1.82, 2.24) is 14.8 Å². The highest BCUT2D eigenvalue weighted by atomic mass is 35.5. The van der Waals surface area contributed by atoms with Crippen LogP contribution in [-0.4, -0.2) is 21.4 Å². The second-order valence-corrected chi connectivity index (χ2v) is 5.80. The molecule has 0 saturated carbocycles. The molecule has 1 aromatic carbocycles. The number of pyridine rings is 1. The van der Waals surface area contributed by atoms with Crippen LogP contribution in [-0.2, 0) is 17.9 Å². The topological polar surface area (TPSA) is 89.8 Å². The van der Waals surface area contributed by atoms with Crippen LogP contribution in [0.4, 0.5) is 5.69 Å². The molecule has 0 aliphatic carbocycles. The number of benzene rings is 1. The van der Waals surface area contributed by atoms with Crippen LogP contribution in [0.25, 0.3) is 10.9 Å². The summed E-state index contributed by atoms with van der Waals surface area (Å²) in [5.74, 6) is 0. The van der Waals surface area contributed by atoms with Crippen molar-refractivity contribution in [3.05, 3.63) is 52.4 Å². The molecule has 0 saturated heterocycles. The minimum atomic E-state index is 0.374. The van der Waals surface area contributed by atoms with Gasteiger partial charge in [0.15, 0.2) is 5.69 Å². The third-order valence-electron chi connectivity index (χ3n) is 3.59. The maximum absolute atomic E-state index is 9.19. The Balaban J connectivity index is 1.92. The van der Waals surface area contributed by atoms with Gasteiger partial charge in [-0.15, -0.1) is 0 Å². The molecule has 0 atom stereocenters. The molecule has 2 N–H and O–H groups in total. The summed E-state index contributed by atoms with van der Waals surface area (Å²) < 4.78 is 7.08. The first kappa shape index (κ1) is 16.2. The van der Waals surface area contributed by atoms with Crippen molar-refractivity contribution in [2.24, 2.45) is 0 Å². The largest absolute Gasteiger partial charge is 0.397 e. The van der Waals surface area contributed by atoms with E-state index in [1.54, 1.807) is 10.9 Å². The first-order valence-electron chi connectivity index (χ1n) is 7.48. The van der Waals surface area contributed by atoms with Gasteiger partial charge >= 0.3 is 0 Å². The number of ether oxygens (including phenoxy) is 1. The minimum absolute atomic E-state index is 0.374. The van der Waals surface area contributed by atoms with Gasteiger partial charge in [-0.05, 0) is 30.7 Å². The summed E-state index contributed by atoms with van der Waals surface area (Å²) in [6.45, 7) is 3.37. The first-order valence-corrected chi connectivity index (χ1v) is 7.86. The number of hydrogen-bond donors (Lipinski definition) is 1. The number of fused-ring (bicyclic) bond motifs is 1. The summed E-state index contributed by atoms with van der Waals surface area (Å²) in [6, 6.07) is 7.76. The Morgan fingerprint density at radius 1 is 1.38 bits per heavy atom. The van der Waals surface area contributed by atoms with E-state index >= 15 is 0 Å². The zero-order valence-corrected chi connectivity index (χ0v) is 13.9. The lowest BCUT2D eigenvalue weighted by Crippen LogP contribution is -2.02. The van der Waals surface area contributed by atoms with Gasteiger partial charge in [-0.25, -0.2) is 0 Å². The van der Waals surface area contributed by atoms with Gasteiger partial charge < -0.3 is 10.5 Å². The molecule has 0 fully saturated rings. The quantitative estimate of drug-likeness (QED) is 0.720. The van der Waals surface area contributed by atoms with Crippen molar-refractivity contribution in [2.75, 3.05) is 12.3 Å². The molecule has 6 nitrogen and oxygen atoms in total. The van der Waals surface area contributed by atoms with E-state index in [1.807, 2.05) is 31.3 Å². The van der Waals surface area contributed by atoms with Crippen molar-refractivity contribution in [2.45, 2.75) is 20.1 Å². The average Bonchev–Trinajstić information content (AvgIpc) is 2.94. The summed E-state index contributed by atoms with van der Waals surface area (Å²) in [6.07, 6.45) is 3.40. The van der Waals surface area contributed by atoms with E-state index in [9.17, 15) is 5.26 Å². The van der Waals surface area contributed by atoms with Crippen LogP contribution < -0.4 is 5.73 Å². The zero-order chi connectivity index (χ0) is 17.1. The molecule has 2 heterocycles. The summed E-state index contributed by atoms with van der Waals surface area (Å²) in [5, 5.41) is 14.9. The molecule has 0 spiro atoms. The Morgan fingerprint density at radius 3 is 2.96 bits per heavy atom. The van der Waals surface area contributed by atoms with Crippen LogP contribution in [0.2, 0.25) is 5.02 Å². The first-order chi connectivity index (χ1) is 11.6. The van der Waals surface area contributed by atoms with Crippen molar-refractivity contribution in [1.29, 1.82) is 5.26 Å². The van der Waals surface area contributed by atoms with Crippen LogP contribution >= 0.6 is 11.6 Å². The van der Waals surface area contributed by atoms with Gasteiger partial charge in [0.2, 0.25) is 0 Å². The average molecular weight is 342 g/mol. The molecular weight excluding hydrogens is 326 g/mol. The highest BCUT2D eigenvalue weighted by Crippen LogP contribution is 2.24. The summed E-state index contributed by atoms with van der Waals surface area (Å²) in [7, 11) is 0. The molecule has 0 aliphatic heterocycles. The Kier molecular flexibility index (Phi) is 4.65. The minimum Gasteiger partial charge on any atom is -0.397 e. The van der Waals surface area contributed by atoms with Gasteiger partial charge in [-0.3, -0.25) is 9.67 Å². The van der Waals surface area contributed by atoms with Crippen LogP contribution in [0.1, 0.15) is 23.7 Å². The molecule has 0 bridgehead atoms. The maximum Gasteiger partial charge on any atom is 0.167 e. The van der Waals surface area contributed by atoms with Crippen molar-refractivity contribution in [3.8, 4) is 6.07 Å². The molecular formula is C17H16ClN5O. The molecule has 0 amide bonds. The Bertz CT molecular complexity index is 929. The van der Waals surface area contributed by atoms with Crippen molar-refractivity contribution >= 4 is 28.2 Å². The molecule has 3 aromatic rings. The van der Waals surface area contributed by atoms with E-state index in [0.29, 0.717) is 36.2 Å². The molecule has 0 radical (unpaired) electrons. The molecule has 7 heteroatoms. The normalized spacial score (nSPS) is 10.9. The van der Waals surface area contributed by atoms with Gasteiger partial charge in [0.05, 0.1) is 29.4 Å². The number of anilines is 1. The van der Waals surface area contributed by atoms with Gasteiger partial charge in [0.25, 0.3) is 0 Å². The lowest BCUT2D eigenvalue weighted by molar-refractivity contribution is 0.134. The third-order valence-corrected chi connectivity index (χ3v) is 3.80. The summed E-state index contributed by atoms with van der Waals surface area (Å²) in [4.78, 5) is 4.25. The van der Waals surface area contributed by atoms with Gasteiger partial charge in [0.1, 0.15) is 6.07 Å². The third kappa shape index (κ3) is 3.32. The van der Waals surface area contributed by atoms with E-state index in [2.05, 4.69) is 16.2 Å². The van der Waals surface area contributed by atoms with Gasteiger partial charge in [-0.2, -0.15) is 10.4 Å². The SMILES string of the molecule is CCOCc1cn(Cc2cc(N)c3ncc(Cl)cc3c2)nc1C#N. The number of nitriles is 1. The van der Waals surface area contributed by atoms with Crippen molar-refractivity contribution in [3.63, 3.8) is 0 Å². The number of aromatic nitrogens is 3. The number of nitrogens with two attached hydrogens (primary N) is 1. The molecule has 24 heavy (non-hydrogen) atoms. The van der Waals surface area contributed by atoms with Crippen LogP contribution in [0.3, 0.4) is 0 Å². The Labute approximate surface area is 144 Å². The second kappa shape index (κ2) is 6.87. The van der Waals surface area contributed by atoms with E-state index in [1.165, 1.54) is 0 Å². The maximum atomic E-state index is 9.19. The van der Waals surface area contributed by atoms with Crippen LogP contribution in [0.15, 0.2) is 30.6 Å². The van der Waals surface area contributed by atoms with E-state index in [-0.39, 0.29) is 0 Å². The molecule has 3 rings (SSSR count). The molecule has 122 valence electrons. The van der Waals surface area contributed by atoms with Gasteiger partial charge in [0, 0.05) is 30.0 Å². The van der Waals surface area contributed by atoms with Crippen LogP contribution in [0.5, 0.6) is 0 Å². The monoisotopic (exact) mass is 341 g/mol. The van der Waals surface area contributed by atoms with E-state index in [4.69, 9.17) is 22.1 Å². The van der Waals surface area contributed by atoms with Crippen LogP contribution in [0, 0.1) is 11.3 Å². The number of halogens is 1. The van der Waals surface area contributed by atoms with Crippen molar-refractivity contribution < 1.29 is 4.74 Å². The predicted molar refractivity (Wildman–Crippen MR) is 92.5 cm³/mol. The standard InChI is InChI=1S/C17H16ClN5O/c1-2-24-10-13-9-23(22-16(13)6-19)8-11-3-12-5-14(18)7-21-17(12)15(20)4-11/h3-5,7,9H,2,8,10,20H2,1H3. The lowest BCUT2D eigenvalue weighted by Gasteiger charge is -2.07. The highest BCUT2D eigenvalue weighted by Gasteiger charge is 2.10. The smallest absolute Gasteiger partial charge is 0.167 e. The predicted octanol–water partition coefficient (Wildman–Crippen LogP) is 3.12. The summed E-state index contributed by atoms with van der Waals surface area (Å²) in [5.41, 5.74) is 9.50. The van der Waals surface area contributed by atoms with Gasteiger partial charge in [-0.1, -0.05) is 11.6 Å². The Hall–Kier alpha value is -2.62. The van der Waals surface area contributed by atoms with E-state index in [0.717, 1.165) is 22.0 Å². The molecule has 2 aromatic heterocycles. The fourth-order valence-corrected chi connectivity index (χ4v) is 2.72.